The van der Waals surface area contributed by atoms with E-state index in [0.29, 0.717) is 0 Å². The summed E-state index contributed by atoms with van der Waals surface area (Å²) in [6.45, 7) is 4.13. The summed E-state index contributed by atoms with van der Waals surface area (Å²) < 4.78 is 5.08. The van der Waals surface area contributed by atoms with Crippen LogP contribution in [-0.2, 0) is 20.8 Å². The Morgan fingerprint density at radius 2 is 1.60 bits per heavy atom. The van der Waals surface area contributed by atoms with Crippen molar-refractivity contribution in [2.75, 3.05) is 0 Å². The monoisotopic (exact) mass is 169 g/mol. The van der Waals surface area contributed by atoms with Crippen molar-refractivity contribution < 1.29 is 24.1 Å². The molecule has 0 aliphatic carbocycles. The van der Waals surface area contributed by atoms with Crippen LogP contribution in [0.15, 0.2) is 18.2 Å². The molecule has 0 heterocycles. The van der Waals surface area contributed by atoms with Crippen LogP contribution in [0, 0.1) is 13.8 Å². The molecule has 0 saturated carbocycles. The molecule has 51 valence electrons. The van der Waals surface area contributed by atoms with Gasteiger partial charge in [0.25, 0.3) is 0 Å². The quantitative estimate of drug-likeness (QED) is 0.585. The van der Waals surface area contributed by atoms with Gasteiger partial charge in [-0.15, -0.1) is 0 Å². The van der Waals surface area contributed by atoms with Gasteiger partial charge in [-0.25, -0.2) is 0 Å². The van der Waals surface area contributed by atoms with Gasteiger partial charge in [0, 0.05) is 0 Å². The Morgan fingerprint density at radius 1 is 1.10 bits per heavy atom. The first-order valence-electron chi connectivity index (χ1n) is 3.14. The van der Waals surface area contributed by atoms with Gasteiger partial charge in [-0.3, -0.25) is 0 Å². The van der Waals surface area contributed by atoms with E-state index >= 15 is 0 Å². The SMILES string of the molecule is Cc1cc(C)cc([O][Ti])c1. The minimum atomic E-state index is 0.942. The van der Waals surface area contributed by atoms with Crippen LogP contribution in [0.2, 0.25) is 0 Å². The first-order chi connectivity index (χ1) is 4.72. The number of hydrogen-bond donors (Lipinski definition) is 0. The minimum absolute atomic E-state index is 0.942. The van der Waals surface area contributed by atoms with Crippen molar-refractivity contribution in [3.8, 4) is 5.75 Å². The molecule has 0 aromatic heterocycles. The van der Waals surface area contributed by atoms with E-state index < -0.39 is 0 Å². The van der Waals surface area contributed by atoms with Crippen molar-refractivity contribution in [1.82, 2.24) is 0 Å². The summed E-state index contributed by atoms with van der Waals surface area (Å²) in [5, 5.41) is 0. The molecule has 10 heavy (non-hydrogen) atoms. The predicted molar refractivity (Wildman–Crippen MR) is 36.5 cm³/mol. The molecule has 0 saturated heterocycles. The van der Waals surface area contributed by atoms with Crippen LogP contribution in [0.4, 0.5) is 0 Å². The fourth-order valence-electron chi connectivity index (χ4n) is 0.992. The molecule has 1 nitrogen and oxygen atoms in total. The van der Waals surface area contributed by atoms with Crippen molar-refractivity contribution in [2.45, 2.75) is 13.8 Å². The van der Waals surface area contributed by atoms with Crippen LogP contribution in [0.25, 0.3) is 0 Å². The Hall–Kier alpha value is -0.266. The number of benzene rings is 1. The van der Waals surface area contributed by atoms with E-state index in [2.05, 4.69) is 19.9 Å². The van der Waals surface area contributed by atoms with Gasteiger partial charge in [0.2, 0.25) is 0 Å². The van der Waals surface area contributed by atoms with E-state index in [1.54, 1.807) is 20.8 Å². The molecule has 0 radical (unpaired) electrons. The summed E-state index contributed by atoms with van der Waals surface area (Å²) in [5.41, 5.74) is 2.49. The predicted octanol–water partition coefficient (Wildman–Crippen LogP) is 2.14. The third-order valence-electron chi connectivity index (χ3n) is 1.31. The van der Waals surface area contributed by atoms with Gasteiger partial charge >= 0.3 is 73.1 Å². The molecular formula is C8H9OTi. The Morgan fingerprint density at radius 3 is 2.00 bits per heavy atom. The second-order valence-corrected chi connectivity index (χ2v) is 2.74. The molecule has 0 spiro atoms. The van der Waals surface area contributed by atoms with E-state index in [-0.39, 0.29) is 0 Å². The van der Waals surface area contributed by atoms with Gasteiger partial charge in [-0.2, -0.15) is 0 Å². The zero-order valence-electron chi connectivity index (χ0n) is 6.14. The normalized spacial score (nSPS) is 9.30. The van der Waals surface area contributed by atoms with E-state index in [1.807, 2.05) is 12.1 Å². The Balaban J connectivity index is 3.06. The number of rotatable bonds is 1. The van der Waals surface area contributed by atoms with Crippen LogP contribution in [-0.4, -0.2) is 0 Å². The van der Waals surface area contributed by atoms with Crippen molar-refractivity contribution >= 4 is 0 Å². The topological polar surface area (TPSA) is 9.23 Å². The van der Waals surface area contributed by atoms with Gasteiger partial charge in [0.05, 0.1) is 0 Å². The molecule has 0 amide bonds. The average molecular weight is 169 g/mol. The third kappa shape index (κ3) is 1.86. The number of hydrogen-bond acceptors (Lipinski definition) is 1. The van der Waals surface area contributed by atoms with E-state index in [0.717, 1.165) is 5.75 Å². The average Bonchev–Trinajstić information content (AvgIpc) is 1.85. The molecule has 1 aromatic rings. The second-order valence-electron chi connectivity index (χ2n) is 2.43. The van der Waals surface area contributed by atoms with Gasteiger partial charge < -0.3 is 0 Å². The van der Waals surface area contributed by atoms with E-state index in [1.165, 1.54) is 11.1 Å². The van der Waals surface area contributed by atoms with Crippen molar-refractivity contribution in [3.05, 3.63) is 29.3 Å². The molecule has 0 unspecified atom stereocenters. The maximum atomic E-state index is 5.08. The molecule has 1 aromatic carbocycles. The molecule has 1 rings (SSSR count). The first kappa shape index (κ1) is 7.84. The molecule has 2 heteroatoms. The fourth-order valence-corrected chi connectivity index (χ4v) is 1.18. The fraction of sp³-hybridized carbons (Fsp3) is 0.250. The molecule has 0 bridgehead atoms. The van der Waals surface area contributed by atoms with E-state index in [9.17, 15) is 0 Å². The van der Waals surface area contributed by atoms with Crippen LogP contribution < -0.4 is 3.32 Å². The third-order valence-corrected chi connectivity index (χ3v) is 1.68. The van der Waals surface area contributed by atoms with Crippen molar-refractivity contribution in [1.29, 1.82) is 0 Å². The van der Waals surface area contributed by atoms with E-state index in [4.69, 9.17) is 3.32 Å². The Kier molecular flexibility index (Phi) is 2.53. The Labute approximate surface area is 73.3 Å². The van der Waals surface area contributed by atoms with Crippen LogP contribution >= 0.6 is 0 Å². The van der Waals surface area contributed by atoms with Gasteiger partial charge in [-0.05, 0) is 0 Å². The molecule has 0 N–H and O–H groups in total. The van der Waals surface area contributed by atoms with Crippen molar-refractivity contribution in [2.24, 2.45) is 0 Å². The van der Waals surface area contributed by atoms with Crippen LogP contribution in [0.1, 0.15) is 11.1 Å². The summed E-state index contributed by atoms with van der Waals surface area (Å²) >= 11 is 1.69. The van der Waals surface area contributed by atoms with Gasteiger partial charge in [0.15, 0.2) is 0 Å². The molecule has 0 aliphatic heterocycles. The van der Waals surface area contributed by atoms with Crippen LogP contribution in [0.3, 0.4) is 0 Å². The molecule has 0 aliphatic rings. The summed E-state index contributed by atoms with van der Waals surface area (Å²) in [5.74, 6) is 0.942. The Bertz CT molecular complexity index is 212. The van der Waals surface area contributed by atoms with Crippen LogP contribution in [0.5, 0.6) is 5.75 Å². The molecule has 0 atom stereocenters. The maximum absolute atomic E-state index is 5.08. The molecular weight excluding hydrogens is 160 g/mol. The number of aryl methyl sites for hydroxylation is 2. The van der Waals surface area contributed by atoms with Crippen molar-refractivity contribution in [3.63, 3.8) is 0 Å². The molecule has 0 fully saturated rings. The zero-order chi connectivity index (χ0) is 7.56. The van der Waals surface area contributed by atoms with Gasteiger partial charge in [-0.1, -0.05) is 0 Å². The zero-order valence-corrected chi connectivity index (χ0v) is 7.70. The standard InChI is InChI=1S/C8H10O.Ti/c1-6-3-7(2)5-8(9)4-6;/h3-5,9H,1-2H3;/q;+1/p-1. The van der Waals surface area contributed by atoms with Gasteiger partial charge in [0.1, 0.15) is 0 Å². The summed E-state index contributed by atoms with van der Waals surface area (Å²) in [6.07, 6.45) is 0. The second kappa shape index (κ2) is 3.22. The summed E-state index contributed by atoms with van der Waals surface area (Å²) in [4.78, 5) is 0. The first-order valence-corrected chi connectivity index (χ1v) is 3.78. The summed E-state index contributed by atoms with van der Waals surface area (Å²) in [6, 6.07) is 6.17. The summed E-state index contributed by atoms with van der Waals surface area (Å²) in [7, 11) is 0.